The molecule has 0 radical (unpaired) electrons. The Balaban J connectivity index is 2.07. The predicted molar refractivity (Wildman–Crippen MR) is 65.7 cm³/mol. The second-order valence-corrected chi connectivity index (χ2v) is 4.08. The van der Waals surface area contributed by atoms with Gasteiger partial charge >= 0.3 is 0 Å². The first kappa shape index (κ1) is 11.4. The molecule has 1 aromatic carbocycles. The van der Waals surface area contributed by atoms with Crippen LogP contribution in [0.15, 0.2) is 30.7 Å². The molecule has 0 aliphatic carbocycles. The van der Waals surface area contributed by atoms with Gasteiger partial charge in [0, 0.05) is 11.8 Å². The number of H-pyrrole nitrogens is 1. The number of hydrogen-bond acceptors (Lipinski definition) is 2. The third-order valence-electron chi connectivity index (χ3n) is 2.63. The molecule has 0 spiro atoms. The van der Waals surface area contributed by atoms with E-state index >= 15 is 0 Å². The lowest BCUT2D eigenvalue weighted by Gasteiger charge is -2.07. The molecule has 0 fully saturated rings. The van der Waals surface area contributed by atoms with E-state index in [0.29, 0.717) is 6.54 Å². The molecule has 0 saturated heterocycles. The zero-order valence-corrected chi connectivity index (χ0v) is 9.95. The maximum absolute atomic E-state index is 12.0. The molecule has 2 aromatic rings. The molecule has 0 unspecified atom stereocenters. The van der Waals surface area contributed by atoms with Gasteiger partial charge in [-0.15, -0.1) is 0 Å². The van der Waals surface area contributed by atoms with Crippen LogP contribution >= 0.6 is 0 Å². The number of carbonyl (C=O) groups is 1. The molecule has 0 aliphatic heterocycles. The van der Waals surface area contributed by atoms with Gasteiger partial charge in [0.25, 0.3) is 5.91 Å². The molecular weight excluding hydrogens is 214 g/mol. The third kappa shape index (κ3) is 2.72. The Hall–Kier alpha value is -2.10. The molecule has 0 bridgehead atoms. The molecule has 4 nitrogen and oxygen atoms in total. The van der Waals surface area contributed by atoms with Crippen molar-refractivity contribution in [3.8, 4) is 0 Å². The standard InChI is InChI=1S/C13H15N3O/c1-9-3-4-10(2)12(5-9)13(17)15-7-11-6-14-8-16-11/h3-6,8H,7H2,1-2H3,(H,14,16)(H,15,17). The summed E-state index contributed by atoms with van der Waals surface area (Å²) in [4.78, 5) is 18.8. The minimum absolute atomic E-state index is 0.0548. The molecule has 0 aliphatic rings. The molecule has 17 heavy (non-hydrogen) atoms. The highest BCUT2D eigenvalue weighted by Gasteiger charge is 2.08. The zero-order chi connectivity index (χ0) is 12.3. The summed E-state index contributed by atoms with van der Waals surface area (Å²) >= 11 is 0. The summed E-state index contributed by atoms with van der Waals surface area (Å²) < 4.78 is 0. The van der Waals surface area contributed by atoms with Gasteiger partial charge in [-0.3, -0.25) is 4.79 Å². The minimum atomic E-state index is -0.0548. The Morgan fingerprint density at radius 1 is 1.41 bits per heavy atom. The molecule has 0 atom stereocenters. The van der Waals surface area contributed by atoms with Gasteiger partial charge in [-0.1, -0.05) is 17.7 Å². The van der Waals surface area contributed by atoms with Crippen LogP contribution in [-0.2, 0) is 6.54 Å². The lowest BCUT2D eigenvalue weighted by molar-refractivity contribution is 0.0950. The number of imidazole rings is 1. The van der Waals surface area contributed by atoms with Crippen LogP contribution in [0.2, 0.25) is 0 Å². The Bertz CT molecular complexity index is 517. The molecule has 2 rings (SSSR count). The smallest absolute Gasteiger partial charge is 0.251 e. The van der Waals surface area contributed by atoms with Crippen molar-refractivity contribution in [2.45, 2.75) is 20.4 Å². The summed E-state index contributed by atoms with van der Waals surface area (Å²) in [5.74, 6) is -0.0548. The summed E-state index contributed by atoms with van der Waals surface area (Å²) in [5, 5.41) is 2.86. The van der Waals surface area contributed by atoms with Crippen molar-refractivity contribution in [3.05, 3.63) is 53.1 Å². The summed E-state index contributed by atoms with van der Waals surface area (Å²) in [7, 11) is 0. The van der Waals surface area contributed by atoms with Crippen molar-refractivity contribution >= 4 is 5.91 Å². The van der Waals surface area contributed by atoms with E-state index < -0.39 is 0 Å². The van der Waals surface area contributed by atoms with Crippen molar-refractivity contribution in [2.24, 2.45) is 0 Å². The van der Waals surface area contributed by atoms with E-state index in [4.69, 9.17) is 0 Å². The number of aromatic amines is 1. The van der Waals surface area contributed by atoms with Crippen molar-refractivity contribution in [1.29, 1.82) is 0 Å². The highest BCUT2D eigenvalue weighted by atomic mass is 16.1. The summed E-state index contributed by atoms with van der Waals surface area (Å²) in [6.45, 7) is 4.38. The lowest BCUT2D eigenvalue weighted by Crippen LogP contribution is -2.23. The number of rotatable bonds is 3. The van der Waals surface area contributed by atoms with Gasteiger partial charge in [-0.2, -0.15) is 0 Å². The maximum atomic E-state index is 12.0. The second kappa shape index (κ2) is 4.82. The Labute approximate surface area is 100 Å². The Kier molecular flexibility index (Phi) is 3.23. The predicted octanol–water partition coefficient (Wildman–Crippen LogP) is 1.96. The second-order valence-electron chi connectivity index (χ2n) is 4.08. The average molecular weight is 229 g/mol. The van der Waals surface area contributed by atoms with Crippen LogP contribution in [0.3, 0.4) is 0 Å². The van der Waals surface area contributed by atoms with E-state index in [2.05, 4.69) is 15.3 Å². The molecule has 88 valence electrons. The first-order chi connectivity index (χ1) is 8.16. The largest absolute Gasteiger partial charge is 0.347 e. The summed E-state index contributed by atoms with van der Waals surface area (Å²) in [5.41, 5.74) is 3.69. The van der Waals surface area contributed by atoms with Gasteiger partial charge in [0.05, 0.1) is 18.6 Å². The van der Waals surface area contributed by atoms with Gasteiger partial charge < -0.3 is 10.3 Å². The van der Waals surface area contributed by atoms with E-state index in [1.54, 1.807) is 12.5 Å². The van der Waals surface area contributed by atoms with Crippen LogP contribution in [0.4, 0.5) is 0 Å². The van der Waals surface area contributed by atoms with Crippen LogP contribution in [0.1, 0.15) is 27.2 Å². The fraction of sp³-hybridized carbons (Fsp3) is 0.231. The maximum Gasteiger partial charge on any atom is 0.251 e. The Morgan fingerprint density at radius 3 is 2.94 bits per heavy atom. The number of benzene rings is 1. The van der Waals surface area contributed by atoms with Gasteiger partial charge in [-0.25, -0.2) is 4.98 Å². The fourth-order valence-electron chi connectivity index (χ4n) is 1.63. The fourth-order valence-corrected chi connectivity index (χ4v) is 1.63. The summed E-state index contributed by atoms with van der Waals surface area (Å²) in [6, 6.07) is 5.86. The number of nitrogens with one attached hydrogen (secondary N) is 2. The van der Waals surface area contributed by atoms with E-state index in [-0.39, 0.29) is 5.91 Å². The van der Waals surface area contributed by atoms with Crippen LogP contribution < -0.4 is 5.32 Å². The number of amides is 1. The van der Waals surface area contributed by atoms with E-state index in [1.807, 2.05) is 32.0 Å². The molecule has 4 heteroatoms. The van der Waals surface area contributed by atoms with Crippen molar-refractivity contribution < 1.29 is 4.79 Å². The first-order valence-corrected chi connectivity index (χ1v) is 5.49. The monoisotopic (exact) mass is 229 g/mol. The topological polar surface area (TPSA) is 57.8 Å². The molecule has 1 heterocycles. The van der Waals surface area contributed by atoms with E-state index in [9.17, 15) is 4.79 Å². The van der Waals surface area contributed by atoms with Crippen molar-refractivity contribution in [3.63, 3.8) is 0 Å². The number of nitrogens with zero attached hydrogens (tertiary/aromatic N) is 1. The SMILES string of the molecule is Cc1ccc(C)c(C(=O)NCc2cnc[nH]2)c1. The Morgan fingerprint density at radius 2 is 2.24 bits per heavy atom. The number of carbonyl (C=O) groups excluding carboxylic acids is 1. The first-order valence-electron chi connectivity index (χ1n) is 5.49. The van der Waals surface area contributed by atoms with Gasteiger partial charge in [0.1, 0.15) is 0 Å². The van der Waals surface area contributed by atoms with Crippen molar-refractivity contribution in [2.75, 3.05) is 0 Å². The van der Waals surface area contributed by atoms with Crippen molar-refractivity contribution in [1.82, 2.24) is 15.3 Å². The highest BCUT2D eigenvalue weighted by Crippen LogP contribution is 2.10. The summed E-state index contributed by atoms with van der Waals surface area (Å²) in [6.07, 6.45) is 3.29. The van der Waals surface area contributed by atoms with Crippen LogP contribution in [0.5, 0.6) is 0 Å². The molecule has 2 N–H and O–H groups in total. The van der Waals surface area contributed by atoms with Crippen LogP contribution in [-0.4, -0.2) is 15.9 Å². The van der Waals surface area contributed by atoms with Gasteiger partial charge in [-0.05, 0) is 25.5 Å². The van der Waals surface area contributed by atoms with E-state index in [1.165, 1.54) is 0 Å². The number of hydrogen-bond donors (Lipinski definition) is 2. The van der Waals surface area contributed by atoms with Crippen LogP contribution in [0, 0.1) is 13.8 Å². The van der Waals surface area contributed by atoms with E-state index in [0.717, 1.165) is 22.4 Å². The third-order valence-corrected chi connectivity index (χ3v) is 2.63. The number of aromatic nitrogens is 2. The molecule has 0 saturated carbocycles. The van der Waals surface area contributed by atoms with Crippen LogP contribution in [0.25, 0.3) is 0 Å². The number of aryl methyl sites for hydroxylation is 2. The highest BCUT2D eigenvalue weighted by molar-refractivity contribution is 5.95. The minimum Gasteiger partial charge on any atom is -0.347 e. The quantitative estimate of drug-likeness (QED) is 0.845. The lowest BCUT2D eigenvalue weighted by atomic mass is 10.1. The van der Waals surface area contributed by atoms with Gasteiger partial charge in [0.15, 0.2) is 0 Å². The normalized spacial score (nSPS) is 10.2. The molecular formula is C13H15N3O. The molecule has 1 amide bonds. The molecule has 1 aromatic heterocycles. The average Bonchev–Trinajstić information content (AvgIpc) is 2.82. The zero-order valence-electron chi connectivity index (χ0n) is 9.95. The van der Waals surface area contributed by atoms with Gasteiger partial charge in [0.2, 0.25) is 0 Å².